The standard InChI is InChI=1S/C22H20ClFN2O5/c1-22(2,3)31-21(27)19-17(24)10-13(11-18(19)26(28)29)7-9-30-20-16-12-15(23)5-4-14(16)6-8-25-20/h4-6,8,10-12H,7,9H2,1-3H3. The van der Waals surface area contributed by atoms with E-state index in [1.807, 2.05) is 12.1 Å². The topological polar surface area (TPSA) is 91.6 Å². The highest BCUT2D eigenvalue weighted by molar-refractivity contribution is 6.31. The fourth-order valence-corrected chi connectivity index (χ4v) is 3.13. The quantitative estimate of drug-likeness (QED) is 0.281. The number of nitrogens with zero attached hydrogens (tertiary/aromatic N) is 2. The van der Waals surface area contributed by atoms with Gasteiger partial charge in [-0.2, -0.15) is 0 Å². The van der Waals surface area contributed by atoms with Crippen LogP contribution in [0.1, 0.15) is 36.7 Å². The number of halogens is 2. The van der Waals surface area contributed by atoms with Crippen LogP contribution in [0.25, 0.3) is 10.8 Å². The summed E-state index contributed by atoms with van der Waals surface area (Å²) in [6, 6.07) is 9.34. The molecule has 0 atom stereocenters. The van der Waals surface area contributed by atoms with Gasteiger partial charge >= 0.3 is 5.97 Å². The minimum absolute atomic E-state index is 0.0843. The summed E-state index contributed by atoms with van der Waals surface area (Å²) in [7, 11) is 0. The van der Waals surface area contributed by atoms with Crippen LogP contribution in [0.4, 0.5) is 10.1 Å². The average molecular weight is 447 g/mol. The van der Waals surface area contributed by atoms with Crippen molar-refractivity contribution in [3.8, 4) is 5.88 Å². The zero-order valence-electron chi connectivity index (χ0n) is 17.1. The predicted molar refractivity (Wildman–Crippen MR) is 114 cm³/mol. The number of hydrogen-bond donors (Lipinski definition) is 0. The predicted octanol–water partition coefficient (Wildman–Crippen LogP) is 5.51. The number of pyridine rings is 1. The molecule has 0 unspecified atom stereocenters. The molecule has 0 bridgehead atoms. The Morgan fingerprint density at radius 1 is 1.23 bits per heavy atom. The first kappa shape index (κ1) is 22.4. The van der Waals surface area contributed by atoms with Crippen molar-refractivity contribution in [1.29, 1.82) is 0 Å². The third-order valence-electron chi connectivity index (χ3n) is 4.25. The highest BCUT2D eigenvalue weighted by Gasteiger charge is 2.30. The number of benzene rings is 2. The van der Waals surface area contributed by atoms with Crippen LogP contribution in [0.2, 0.25) is 5.02 Å². The van der Waals surface area contributed by atoms with Crippen molar-refractivity contribution in [1.82, 2.24) is 4.98 Å². The number of aromatic nitrogens is 1. The van der Waals surface area contributed by atoms with Crippen molar-refractivity contribution in [3.05, 3.63) is 74.7 Å². The second-order valence-electron chi connectivity index (χ2n) is 7.81. The lowest BCUT2D eigenvalue weighted by Crippen LogP contribution is -2.25. The van der Waals surface area contributed by atoms with Gasteiger partial charge in [-0.3, -0.25) is 10.1 Å². The summed E-state index contributed by atoms with van der Waals surface area (Å²) in [6.07, 6.45) is 1.75. The first-order valence-electron chi connectivity index (χ1n) is 9.42. The van der Waals surface area contributed by atoms with E-state index in [1.54, 1.807) is 39.1 Å². The number of esters is 1. The molecule has 0 fully saturated rings. The third-order valence-corrected chi connectivity index (χ3v) is 4.49. The molecule has 1 aromatic heterocycles. The maximum absolute atomic E-state index is 14.6. The number of carbonyl (C=O) groups excluding carboxylic acids is 1. The van der Waals surface area contributed by atoms with Crippen LogP contribution in [-0.4, -0.2) is 28.1 Å². The van der Waals surface area contributed by atoms with Gasteiger partial charge in [0.25, 0.3) is 5.69 Å². The van der Waals surface area contributed by atoms with E-state index in [9.17, 15) is 19.3 Å². The molecule has 3 rings (SSSR count). The normalized spacial score (nSPS) is 11.4. The Morgan fingerprint density at radius 2 is 1.97 bits per heavy atom. The maximum atomic E-state index is 14.6. The van der Waals surface area contributed by atoms with Crippen LogP contribution in [0, 0.1) is 15.9 Å². The van der Waals surface area contributed by atoms with Crippen LogP contribution in [0.15, 0.2) is 42.6 Å². The molecule has 0 radical (unpaired) electrons. The molecule has 0 saturated heterocycles. The summed E-state index contributed by atoms with van der Waals surface area (Å²) in [5.41, 5.74) is -1.97. The van der Waals surface area contributed by atoms with Crippen molar-refractivity contribution >= 4 is 34.0 Å². The zero-order chi connectivity index (χ0) is 22.8. The highest BCUT2D eigenvalue weighted by atomic mass is 35.5. The van der Waals surface area contributed by atoms with Gasteiger partial charge < -0.3 is 9.47 Å². The molecule has 0 amide bonds. The van der Waals surface area contributed by atoms with Gasteiger partial charge in [-0.15, -0.1) is 0 Å². The van der Waals surface area contributed by atoms with E-state index in [1.165, 1.54) is 0 Å². The van der Waals surface area contributed by atoms with E-state index in [4.69, 9.17) is 21.1 Å². The molecule has 0 aliphatic rings. The number of ether oxygens (including phenoxy) is 2. The molecule has 0 N–H and O–H groups in total. The van der Waals surface area contributed by atoms with Crippen LogP contribution < -0.4 is 4.74 Å². The van der Waals surface area contributed by atoms with Crippen LogP contribution in [0.3, 0.4) is 0 Å². The van der Waals surface area contributed by atoms with Gasteiger partial charge in [0.15, 0.2) is 5.56 Å². The molecule has 9 heteroatoms. The third kappa shape index (κ3) is 5.46. The Hall–Kier alpha value is -3.26. The van der Waals surface area contributed by atoms with Gasteiger partial charge in [-0.05, 0) is 56.0 Å². The number of fused-ring (bicyclic) bond motifs is 1. The summed E-state index contributed by atoms with van der Waals surface area (Å²) in [4.78, 5) is 27.1. The van der Waals surface area contributed by atoms with E-state index in [0.717, 1.165) is 17.5 Å². The molecule has 7 nitrogen and oxygen atoms in total. The van der Waals surface area contributed by atoms with Crippen molar-refractivity contribution in [2.24, 2.45) is 0 Å². The molecule has 0 aliphatic carbocycles. The van der Waals surface area contributed by atoms with Crippen LogP contribution in [-0.2, 0) is 11.2 Å². The summed E-state index contributed by atoms with van der Waals surface area (Å²) in [5.74, 6) is -1.76. The largest absolute Gasteiger partial charge is 0.477 e. The van der Waals surface area contributed by atoms with Gasteiger partial charge in [0.1, 0.15) is 11.4 Å². The Kier molecular flexibility index (Phi) is 6.40. The minimum atomic E-state index is -1.09. The van der Waals surface area contributed by atoms with Crippen molar-refractivity contribution in [3.63, 3.8) is 0 Å². The second-order valence-corrected chi connectivity index (χ2v) is 8.25. The molecule has 2 aromatic carbocycles. The van der Waals surface area contributed by atoms with E-state index >= 15 is 0 Å². The molecule has 0 saturated carbocycles. The summed E-state index contributed by atoms with van der Waals surface area (Å²) >= 11 is 6.04. The first-order chi connectivity index (χ1) is 14.5. The molecule has 31 heavy (non-hydrogen) atoms. The molecule has 1 heterocycles. The minimum Gasteiger partial charge on any atom is -0.477 e. The molecular formula is C22H20ClFN2O5. The Bertz CT molecular complexity index is 1160. The lowest BCUT2D eigenvalue weighted by molar-refractivity contribution is -0.385. The van der Waals surface area contributed by atoms with E-state index in [0.29, 0.717) is 21.9 Å². The van der Waals surface area contributed by atoms with Crippen LogP contribution in [0.5, 0.6) is 5.88 Å². The van der Waals surface area contributed by atoms with E-state index < -0.39 is 33.6 Å². The van der Waals surface area contributed by atoms with Gasteiger partial charge in [0.05, 0.1) is 11.5 Å². The number of nitro groups is 1. The number of rotatable bonds is 6. The summed E-state index contributed by atoms with van der Waals surface area (Å²) < 4.78 is 25.4. The molecule has 0 aliphatic heterocycles. The Morgan fingerprint density at radius 3 is 2.65 bits per heavy atom. The van der Waals surface area contributed by atoms with Crippen LogP contribution >= 0.6 is 11.6 Å². The van der Waals surface area contributed by atoms with Crippen molar-refractivity contribution < 1.29 is 23.6 Å². The van der Waals surface area contributed by atoms with E-state index in [2.05, 4.69) is 4.98 Å². The van der Waals surface area contributed by atoms with Gasteiger partial charge in [0, 0.05) is 29.1 Å². The molecule has 3 aromatic rings. The lowest BCUT2D eigenvalue weighted by Gasteiger charge is -2.19. The SMILES string of the molecule is CC(C)(C)OC(=O)c1c(F)cc(CCOc2nccc3ccc(Cl)cc23)cc1[N+](=O)[O-]. The van der Waals surface area contributed by atoms with Crippen molar-refractivity contribution in [2.75, 3.05) is 6.61 Å². The highest BCUT2D eigenvalue weighted by Crippen LogP contribution is 2.28. The Labute approximate surface area is 182 Å². The molecule has 162 valence electrons. The maximum Gasteiger partial charge on any atom is 0.348 e. The zero-order valence-corrected chi connectivity index (χ0v) is 17.9. The molecule has 0 spiro atoms. The summed E-state index contributed by atoms with van der Waals surface area (Å²) in [6.45, 7) is 4.86. The van der Waals surface area contributed by atoms with Gasteiger partial charge in [-0.25, -0.2) is 14.2 Å². The first-order valence-corrected chi connectivity index (χ1v) is 9.80. The smallest absolute Gasteiger partial charge is 0.348 e. The summed E-state index contributed by atoms with van der Waals surface area (Å²) in [5, 5.41) is 13.6. The monoisotopic (exact) mass is 446 g/mol. The second kappa shape index (κ2) is 8.85. The fraction of sp³-hybridized carbons (Fsp3) is 0.273. The fourth-order valence-electron chi connectivity index (χ4n) is 2.96. The average Bonchev–Trinajstić information content (AvgIpc) is 2.66. The number of nitro benzene ring substituents is 1. The van der Waals surface area contributed by atoms with Crippen molar-refractivity contribution in [2.45, 2.75) is 32.8 Å². The number of carbonyl (C=O) groups is 1. The Balaban J connectivity index is 1.81. The van der Waals surface area contributed by atoms with Gasteiger partial charge in [-0.1, -0.05) is 17.7 Å². The lowest BCUT2D eigenvalue weighted by atomic mass is 10.1. The molecular weight excluding hydrogens is 427 g/mol. The van der Waals surface area contributed by atoms with E-state index in [-0.39, 0.29) is 13.0 Å². The van der Waals surface area contributed by atoms with Gasteiger partial charge in [0.2, 0.25) is 5.88 Å². The number of hydrogen-bond acceptors (Lipinski definition) is 6.